The molecular weight excluding hydrogens is 92.1 g/mol. The van der Waals surface area contributed by atoms with Crippen molar-refractivity contribution in [3.8, 4) is 0 Å². The molecule has 0 saturated carbocycles. The third-order valence-electron chi connectivity index (χ3n) is 1.26. The Labute approximate surface area is 42.8 Å². The fourth-order valence-electron chi connectivity index (χ4n) is 0.580. The molecule has 3 N–H and O–H groups in total. The molecule has 7 heavy (non-hydrogen) atoms. The van der Waals surface area contributed by atoms with Gasteiger partial charge in [-0.05, 0) is 0 Å². The van der Waals surface area contributed by atoms with Gasteiger partial charge in [-0.25, -0.2) is 0 Å². The van der Waals surface area contributed by atoms with Crippen LogP contribution in [0.4, 0.5) is 0 Å². The fourth-order valence-corrected chi connectivity index (χ4v) is 0.580. The zero-order valence-corrected chi connectivity index (χ0v) is 4.35. The van der Waals surface area contributed by atoms with Crippen LogP contribution in [0.3, 0.4) is 0 Å². The summed E-state index contributed by atoms with van der Waals surface area (Å²) in [4.78, 5) is 0. The lowest BCUT2D eigenvalue weighted by Crippen LogP contribution is -2.63. The molecule has 0 aromatic heterocycles. The molecule has 0 aliphatic carbocycles. The normalized spacial score (nSPS) is 40.3. The maximum absolute atomic E-state index is 5.40. The summed E-state index contributed by atoms with van der Waals surface area (Å²) in [6.07, 6.45) is 0.324. The average molecular weight is 102 g/mol. The van der Waals surface area contributed by atoms with Gasteiger partial charge in [0.05, 0.1) is 12.3 Å². The Kier molecular flexibility index (Phi) is 1.27. The van der Waals surface area contributed by atoms with Crippen molar-refractivity contribution < 1.29 is 4.74 Å². The first kappa shape index (κ1) is 5.03. The van der Waals surface area contributed by atoms with Gasteiger partial charge in [0.25, 0.3) is 0 Å². The van der Waals surface area contributed by atoms with E-state index in [1.54, 1.807) is 7.11 Å². The molecule has 1 saturated heterocycles. The first-order chi connectivity index (χ1) is 3.34. The van der Waals surface area contributed by atoms with Gasteiger partial charge in [0.2, 0.25) is 0 Å². The molecule has 1 heterocycles. The van der Waals surface area contributed by atoms with Crippen molar-refractivity contribution in [1.29, 1.82) is 0 Å². The van der Waals surface area contributed by atoms with Gasteiger partial charge in [-0.2, -0.15) is 0 Å². The van der Waals surface area contributed by atoms with Crippen LogP contribution in [0.2, 0.25) is 0 Å². The van der Waals surface area contributed by atoms with Gasteiger partial charge in [0.1, 0.15) is 0 Å². The number of nitrogens with two attached hydrogens (primary N) is 1. The molecular formula is C4H10N2O. The molecule has 0 radical (unpaired) electrons. The van der Waals surface area contributed by atoms with E-state index in [1.165, 1.54) is 0 Å². The van der Waals surface area contributed by atoms with E-state index in [2.05, 4.69) is 5.32 Å². The van der Waals surface area contributed by atoms with E-state index >= 15 is 0 Å². The van der Waals surface area contributed by atoms with Gasteiger partial charge in [-0.15, -0.1) is 0 Å². The Bertz CT molecular complexity index is 64.7. The van der Waals surface area contributed by atoms with Gasteiger partial charge in [0, 0.05) is 13.7 Å². The van der Waals surface area contributed by atoms with Crippen molar-refractivity contribution in [3.05, 3.63) is 0 Å². The van der Waals surface area contributed by atoms with Crippen LogP contribution in [-0.2, 0) is 4.74 Å². The van der Waals surface area contributed by atoms with Gasteiger partial charge < -0.3 is 10.5 Å². The van der Waals surface area contributed by atoms with Crippen LogP contribution in [0.5, 0.6) is 0 Å². The molecule has 3 nitrogen and oxygen atoms in total. The van der Waals surface area contributed by atoms with E-state index in [1.807, 2.05) is 0 Å². The Morgan fingerprint density at radius 3 is 2.57 bits per heavy atom. The minimum Gasteiger partial charge on any atom is -0.377 e. The first-order valence-electron chi connectivity index (χ1n) is 2.36. The number of nitrogens with one attached hydrogen (secondary N) is 1. The van der Waals surface area contributed by atoms with Crippen LogP contribution >= 0.6 is 0 Å². The molecule has 0 bridgehead atoms. The summed E-state index contributed by atoms with van der Waals surface area (Å²) in [7, 11) is 1.67. The second kappa shape index (κ2) is 1.78. The van der Waals surface area contributed by atoms with Crippen molar-refractivity contribution in [1.82, 2.24) is 5.32 Å². The smallest absolute Gasteiger partial charge is 0.0978 e. The van der Waals surface area contributed by atoms with E-state index in [-0.39, 0.29) is 12.3 Å². The van der Waals surface area contributed by atoms with Crippen molar-refractivity contribution in [2.24, 2.45) is 5.73 Å². The molecule has 1 rings (SSSR count). The number of ether oxygens (including phenoxy) is 1. The molecule has 0 aromatic carbocycles. The molecule has 1 unspecified atom stereocenters. The molecule has 0 spiro atoms. The summed E-state index contributed by atoms with van der Waals surface area (Å²) in [6, 6.07) is 0. The minimum absolute atomic E-state index is 0.0741. The Morgan fingerprint density at radius 1 is 1.86 bits per heavy atom. The monoisotopic (exact) mass is 102 g/mol. The largest absolute Gasteiger partial charge is 0.377 e. The molecule has 1 aliphatic rings. The van der Waals surface area contributed by atoms with Crippen molar-refractivity contribution in [2.75, 3.05) is 13.7 Å². The van der Waals surface area contributed by atoms with Crippen molar-refractivity contribution in [3.63, 3.8) is 0 Å². The quantitative estimate of drug-likeness (QED) is 0.441. The third kappa shape index (κ3) is 0.748. The highest BCUT2D eigenvalue weighted by atomic mass is 16.5. The lowest BCUT2D eigenvalue weighted by Gasteiger charge is -2.33. The van der Waals surface area contributed by atoms with Crippen LogP contribution in [0.15, 0.2) is 0 Å². The van der Waals surface area contributed by atoms with Crippen LogP contribution < -0.4 is 11.1 Å². The Balaban J connectivity index is 2.16. The second-order valence-corrected chi connectivity index (χ2v) is 1.71. The molecule has 2 atom stereocenters. The predicted octanol–water partition coefficient (Wildman–Crippen LogP) is -1.11. The Hall–Kier alpha value is -0.120. The number of hydrogen-bond acceptors (Lipinski definition) is 3. The standard InChI is InChI=1S/C4H10N2O/c1-7-3-2-6-4(3)5/h3-4,6H,2,5H2,1H3/t3-,4?/m1/s1. The van der Waals surface area contributed by atoms with Gasteiger partial charge in [-0.1, -0.05) is 0 Å². The van der Waals surface area contributed by atoms with E-state index in [0.29, 0.717) is 0 Å². The van der Waals surface area contributed by atoms with Crippen LogP contribution in [0.1, 0.15) is 0 Å². The highest BCUT2D eigenvalue weighted by molar-refractivity contribution is 4.83. The number of hydrogen-bond donors (Lipinski definition) is 2. The summed E-state index contributed by atoms with van der Waals surface area (Å²) in [5.74, 6) is 0. The molecule has 3 heteroatoms. The maximum atomic E-state index is 5.40. The SMILES string of the molecule is CO[C@@H]1CNC1N. The molecule has 1 aliphatic heterocycles. The van der Waals surface area contributed by atoms with Crippen molar-refractivity contribution in [2.45, 2.75) is 12.3 Å². The topological polar surface area (TPSA) is 47.3 Å². The lowest BCUT2D eigenvalue weighted by atomic mass is 10.2. The number of rotatable bonds is 1. The van der Waals surface area contributed by atoms with E-state index in [9.17, 15) is 0 Å². The third-order valence-corrected chi connectivity index (χ3v) is 1.26. The average Bonchev–Trinajstić information content (AvgIpc) is 1.65. The fraction of sp³-hybridized carbons (Fsp3) is 1.00. The van der Waals surface area contributed by atoms with Crippen LogP contribution in [0.25, 0.3) is 0 Å². The minimum atomic E-state index is 0.0741. The highest BCUT2D eigenvalue weighted by Crippen LogP contribution is 1.99. The zero-order chi connectivity index (χ0) is 5.28. The van der Waals surface area contributed by atoms with Crippen LogP contribution in [0, 0.1) is 0 Å². The molecule has 1 fully saturated rings. The first-order valence-corrected chi connectivity index (χ1v) is 2.36. The Morgan fingerprint density at radius 2 is 2.57 bits per heavy atom. The molecule has 0 aromatic rings. The van der Waals surface area contributed by atoms with Gasteiger partial charge >= 0.3 is 0 Å². The van der Waals surface area contributed by atoms with Crippen molar-refractivity contribution >= 4 is 0 Å². The predicted molar refractivity (Wildman–Crippen MR) is 26.8 cm³/mol. The highest BCUT2D eigenvalue weighted by Gasteiger charge is 2.25. The van der Waals surface area contributed by atoms with E-state index in [0.717, 1.165) is 6.54 Å². The lowest BCUT2D eigenvalue weighted by molar-refractivity contribution is 0.0185. The number of methoxy groups -OCH3 is 1. The summed E-state index contributed by atoms with van der Waals surface area (Å²) in [6.45, 7) is 0.900. The zero-order valence-electron chi connectivity index (χ0n) is 4.35. The van der Waals surface area contributed by atoms with Crippen LogP contribution in [-0.4, -0.2) is 25.9 Å². The van der Waals surface area contributed by atoms with E-state index in [4.69, 9.17) is 10.5 Å². The summed E-state index contributed by atoms with van der Waals surface area (Å²) >= 11 is 0. The summed E-state index contributed by atoms with van der Waals surface area (Å²) in [5, 5.41) is 2.96. The van der Waals surface area contributed by atoms with Gasteiger partial charge in [0.15, 0.2) is 0 Å². The summed E-state index contributed by atoms with van der Waals surface area (Å²) in [5.41, 5.74) is 5.40. The summed E-state index contributed by atoms with van der Waals surface area (Å²) < 4.78 is 4.91. The van der Waals surface area contributed by atoms with Gasteiger partial charge in [-0.3, -0.25) is 5.32 Å². The van der Waals surface area contributed by atoms with E-state index < -0.39 is 0 Å². The molecule has 0 amide bonds. The second-order valence-electron chi connectivity index (χ2n) is 1.71. The maximum Gasteiger partial charge on any atom is 0.0978 e. The molecule has 42 valence electrons.